The Morgan fingerprint density at radius 1 is 1.00 bits per heavy atom. The molecule has 0 saturated carbocycles. The van der Waals surface area contributed by atoms with E-state index in [0.717, 1.165) is 6.07 Å². The summed E-state index contributed by atoms with van der Waals surface area (Å²) in [6.45, 7) is 0. The van der Waals surface area contributed by atoms with Crippen LogP contribution in [-0.2, 0) is 0 Å². The summed E-state index contributed by atoms with van der Waals surface area (Å²) in [6, 6.07) is 4.91. The summed E-state index contributed by atoms with van der Waals surface area (Å²) in [6.07, 6.45) is 0. The molecule has 1 aromatic carbocycles. The second-order valence-corrected chi connectivity index (χ2v) is 2.10. The monoisotopic (exact) mass is 200 g/mol. The molecule has 0 aromatic heterocycles. The van der Waals surface area contributed by atoms with Crippen LogP contribution in [0.4, 0.5) is 0 Å². The molecular weight excluding hydrogens is 196 g/mol. The van der Waals surface area contributed by atoms with E-state index in [0.29, 0.717) is 0 Å². The molecule has 0 saturated heterocycles. The molecule has 1 aromatic rings. The lowest BCUT2D eigenvalue weighted by atomic mass is 10.3. The molecule has 0 aliphatic heterocycles. The van der Waals surface area contributed by atoms with Crippen molar-refractivity contribution in [3.05, 3.63) is 44.5 Å². The maximum atomic E-state index is 9.91. The first-order chi connectivity index (χ1) is 6.58. The maximum Gasteiger partial charge on any atom is 0.299 e. The zero-order valence-corrected chi connectivity index (χ0v) is 6.65. The molecule has 8 nitrogen and oxygen atoms in total. The van der Waals surface area contributed by atoms with Crippen LogP contribution in [-0.4, -0.2) is 10.2 Å². The van der Waals surface area contributed by atoms with E-state index in [1.54, 1.807) is 0 Å². The third-order valence-corrected chi connectivity index (χ3v) is 1.17. The van der Waals surface area contributed by atoms with Gasteiger partial charge in [-0.1, -0.05) is 6.07 Å². The summed E-state index contributed by atoms with van der Waals surface area (Å²) >= 11 is 0. The molecular formula is C6H4N2O6. The van der Waals surface area contributed by atoms with E-state index in [9.17, 15) is 20.2 Å². The lowest BCUT2D eigenvalue weighted by Gasteiger charge is -2.00. The Morgan fingerprint density at radius 2 is 1.43 bits per heavy atom. The zero-order chi connectivity index (χ0) is 10.6. The molecule has 0 atom stereocenters. The number of hydrogen-bond donors (Lipinski definition) is 0. The molecule has 74 valence electrons. The first-order valence-electron chi connectivity index (χ1n) is 3.33. The van der Waals surface area contributed by atoms with Gasteiger partial charge in [-0.3, -0.25) is 9.68 Å². The van der Waals surface area contributed by atoms with Crippen molar-refractivity contribution in [1.82, 2.24) is 0 Å². The molecule has 0 unspecified atom stereocenters. The summed E-state index contributed by atoms with van der Waals surface area (Å²) in [7, 11) is 0. The van der Waals surface area contributed by atoms with Crippen LogP contribution in [0.25, 0.3) is 0 Å². The summed E-state index contributed by atoms with van der Waals surface area (Å²) in [5.74, 6) is -0.288. The van der Waals surface area contributed by atoms with Gasteiger partial charge in [-0.05, 0) is 18.2 Å². The van der Waals surface area contributed by atoms with Gasteiger partial charge in [0.25, 0.3) is 10.2 Å². The van der Waals surface area contributed by atoms with Crippen molar-refractivity contribution in [2.45, 2.75) is 0 Å². The van der Waals surface area contributed by atoms with Crippen molar-refractivity contribution in [2.75, 3.05) is 0 Å². The van der Waals surface area contributed by atoms with Crippen molar-refractivity contribution in [3.63, 3.8) is 0 Å². The lowest BCUT2D eigenvalue weighted by molar-refractivity contribution is -0.713. The van der Waals surface area contributed by atoms with Crippen molar-refractivity contribution < 1.29 is 19.8 Å². The van der Waals surface area contributed by atoms with E-state index in [1.165, 1.54) is 18.2 Å². The van der Waals surface area contributed by atoms with Gasteiger partial charge in [0, 0.05) is 0 Å². The summed E-state index contributed by atoms with van der Waals surface area (Å²) < 4.78 is 0. The number of benzene rings is 1. The van der Waals surface area contributed by atoms with Crippen molar-refractivity contribution in [1.29, 1.82) is 0 Å². The van der Waals surface area contributed by atoms with Crippen molar-refractivity contribution in [2.24, 2.45) is 0 Å². The molecule has 0 radical (unpaired) electrons. The van der Waals surface area contributed by atoms with Crippen LogP contribution in [0, 0.1) is 20.2 Å². The Labute approximate surface area is 76.9 Å². The maximum absolute atomic E-state index is 9.91. The molecule has 1 rings (SSSR count). The molecule has 8 heteroatoms. The largest absolute Gasteiger partial charge is 0.299 e. The topological polar surface area (TPSA) is 105 Å². The van der Waals surface area contributed by atoms with Gasteiger partial charge in [-0.25, -0.2) is 0 Å². The summed E-state index contributed by atoms with van der Waals surface area (Å²) in [4.78, 5) is 27.9. The van der Waals surface area contributed by atoms with Crippen LogP contribution in [0.15, 0.2) is 24.3 Å². The second kappa shape index (κ2) is 4.03. The number of nitrogens with zero attached hydrogens (tertiary/aromatic N) is 2. The molecule has 14 heavy (non-hydrogen) atoms. The first-order valence-corrected chi connectivity index (χ1v) is 3.33. The van der Waals surface area contributed by atoms with Crippen molar-refractivity contribution >= 4 is 0 Å². The van der Waals surface area contributed by atoms with Gasteiger partial charge in [-0.15, -0.1) is 20.2 Å². The quantitative estimate of drug-likeness (QED) is 0.526. The molecule has 0 amide bonds. The molecule has 0 heterocycles. The van der Waals surface area contributed by atoms with Crippen LogP contribution >= 0.6 is 0 Å². The third-order valence-electron chi connectivity index (χ3n) is 1.17. The fourth-order valence-corrected chi connectivity index (χ4v) is 0.760. The van der Waals surface area contributed by atoms with E-state index < -0.39 is 10.2 Å². The number of rotatable bonds is 4. The average Bonchev–Trinajstić information content (AvgIpc) is 2.01. The molecule has 0 spiro atoms. The fraction of sp³-hybridized carbons (Fsp3) is 0. The Kier molecular flexibility index (Phi) is 2.79. The highest BCUT2D eigenvalue weighted by atomic mass is 17.0. The fourth-order valence-electron chi connectivity index (χ4n) is 0.760. The SMILES string of the molecule is O=[N+]([O-])Oc1cccc(O[N+](=O)[O-])c1. The average molecular weight is 200 g/mol. The predicted octanol–water partition coefficient (Wildman–Crippen LogP) is 0.828. The highest BCUT2D eigenvalue weighted by Gasteiger charge is 2.03. The minimum Gasteiger partial charge on any atom is -0.276 e. The van der Waals surface area contributed by atoms with Gasteiger partial charge in [0.05, 0.1) is 0 Å². The lowest BCUT2D eigenvalue weighted by Crippen LogP contribution is -2.05. The van der Waals surface area contributed by atoms with Crippen LogP contribution in [0.1, 0.15) is 0 Å². The van der Waals surface area contributed by atoms with Gasteiger partial charge in [0.2, 0.25) is 0 Å². The van der Waals surface area contributed by atoms with Gasteiger partial charge in [0.1, 0.15) is 11.5 Å². The molecule has 0 bridgehead atoms. The Hall–Kier alpha value is -2.38. The van der Waals surface area contributed by atoms with Crippen molar-refractivity contribution in [3.8, 4) is 11.5 Å². The highest BCUT2D eigenvalue weighted by molar-refractivity contribution is 5.31. The second-order valence-electron chi connectivity index (χ2n) is 2.10. The van der Waals surface area contributed by atoms with E-state index in [4.69, 9.17) is 0 Å². The van der Waals surface area contributed by atoms with E-state index in [2.05, 4.69) is 9.68 Å². The Morgan fingerprint density at radius 3 is 1.79 bits per heavy atom. The smallest absolute Gasteiger partial charge is 0.276 e. The van der Waals surface area contributed by atoms with Gasteiger partial charge in [-0.2, -0.15) is 0 Å². The van der Waals surface area contributed by atoms with Crippen LogP contribution < -0.4 is 9.68 Å². The van der Waals surface area contributed by atoms with Gasteiger partial charge in [0.15, 0.2) is 0 Å². The summed E-state index contributed by atoms with van der Waals surface area (Å²) in [5.41, 5.74) is 0. The normalized spacial score (nSPS) is 9.14. The van der Waals surface area contributed by atoms with Crippen LogP contribution in [0.2, 0.25) is 0 Å². The minimum atomic E-state index is -1.02. The molecule has 0 fully saturated rings. The number of hydrogen-bond acceptors (Lipinski definition) is 6. The molecule has 0 N–H and O–H groups in total. The first kappa shape index (κ1) is 9.71. The van der Waals surface area contributed by atoms with E-state index in [-0.39, 0.29) is 11.5 Å². The predicted molar refractivity (Wildman–Crippen MR) is 41.7 cm³/mol. The van der Waals surface area contributed by atoms with Crippen LogP contribution in [0.5, 0.6) is 11.5 Å². The Balaban J connectivity index is 2.78. The molecule has 0 aliphatic rings. The highest BCUT2D eigenvalue weighted by Crippen LogP contribution is 2.19. The van der Waals surface area contributed by atoms with E-state index in [1.807, 2.05) is 0 Å². The van der Waals surface area contributed by atoms with Crippen LogP contribution in [0.3, 0.4) is 0 Å². The summed E-state index contributed by atoms with van der Waals surface area (Å²) in [5, 5.41) is 17.8. The van der Waals surface area contributed by atoms with E-state index >= 15 is 0 Å². The van der Waals surface area contributed by atoms with Gasteiger partial charge >= 0.3 is 0 Å². The third kappa shape index (κ3) is 2.93. The van der Waals surface area contributed by atoms with Gasteiger partial charge < -0.3 is 0 Å². The zero-order valence-electron chi connectivity index (χ0n) is 6.65. The minimum absolute atomic E-state index is 0.144. The molecule has 0 aliphatic carbocycles. The standard InChI is InChI=1S/C6H4N2O6/c9-7(10)13-5-2-1-3-6(4-5)14-8(11)12/h1-4H. The Bertz CT molecular complexity index is 334.